The van der Waals surface area contributed by atoms with Crippen LogP contribution in [0.3, 0.4) is 0 Å². The standard InChI is InChI=1S/C17H21N5/c1-6-18-21(8-1)14-15-3-9-20(10-4-15)13-16-5-11-22-17(12-16)2-7-19-22/h1-2,5-8,11-12,15H,3-4,9-10,13-14H2. The van der Waals surface area contributed by atoms with Crippen molar-refractivity contribution in [1.29, 1.82) is 0 Å². The van der Waals surface area contributed by atoms with Crippen LogP contribution in [0.2, 0.25) is 0 Å². The molecule has 0 saturated carbocycles. The number of piperidine rings is 1. The van der Waals surface area contributed by atoms with Crippen molar-refractivity contribution in [3.63, 3.8) is 0 Å². The molecule has 5 heteroatoms. The van der Waals surface area contributed by atoms with Crippen LogP contribution in [-0.4, -0.2) is 37.4 Å². The van der Waals surface area contributed by atoms with Gasteiger partial charge in [-0.15, -0.1) is 0 Å². The second-order valence-corrected chi connectivity index (χ2v) is 6.18. The van der Waals surface area contributed by atoms with Crippen LogP contribution in [0.5, 0.6) is 0 Å². The molecule has 1 fully saturated rings. The molecule has 0 unspecified atom stereocenters. The monoisotopic (exact) mass is 295 g/mol. The van der Waals surface area contributed by atoms with Crippen LogP contribution < -0.4 is 0 Å². The third kappa shape index (κ3) is 2.90. The summed E-state index contributed by atoms with van der Waals surface area (Å²) >= 11 is 0. The van der Waals surface area contributed by atoms with Gasteiger partial charge in [0.2, 0.25) is 0 Å². The van der Waals surface area contributed by atoms with Crippen LogP contribution in [0, 0.1) is 5.92 Å². The molecular formula is C17H21N5. The molecule has 0 N–H and O–H groups in total. The molecule has 22 heavy (non-hydrogen) atoms. The normalized spacial score (nSPS) is 17.3. The van der Waals surface area contributed by atoms with Crippen LogP contribution in [0.25, 0.3) is 5.52 Å². The summed E-state index contributed by atoms with van der Waals surface area (Å²) in [7, 11) is 0. The fourth-order valence-electron chi connectivity index (χ4n) is 3.32. The fraction of sp³-hybridized carbons (Fsp3) is 0.412. The molecule has 0 amide bonds. The average molecular weight is 295 g/mol. The predicted molar refractivity (Wildman–Crippen MR) is 85.4 cm³/mol. The van der Waals surface area contributed by atoms with Gasteiger partial charge in [-0.2, -0.15) is 10.2 Å². The van der Waals surface area contributed by atoms with Crippen LogP contribution in [0.15, 0.2) is 49.1 Å². The van der Waals surface area contributed by atoms with Crippen molar-refractivity contribution in [3.05, 3.63) is 54.6 Å². The van der Waals surface area contributed by atoms with Gasteiger partial charge in [-0.05, 0) is 61.7 Å². The van der Waals surface area contributed by atoms with Crippen molar-refractivity contribution >= 4 is 5.52 Å². The van der Waals surface area contributed by atoms with Gasteiger partial charge in [0.05, 0.1) is 5.52 Å². The minimum absolute atomic E-state index is 0.758. The second-order valence-electron chi connectivity index (χ2n) is 6.18. The van der Waals surface area contributed by atoms with Crippen LogP contribution in [0.1, 0.15) is 18.4 Å². The van der Waals surface area contributed by atoms with E-state index in [0.29, 0.717) is 0 Å². The Morgan fingerprint density at radius 2 is 1.95 bits per heavy atom. The molecule has 4 heterocycles. The predicted octanol–water partition coefficient (Wildman–Crippen LogP) is 2.44. The van der Waals surface area contributed by atoms with E-state index in [4.69, 9.17) is 0 Å². The van der Waals surface area contributed by atoms with Gasteiger partial charge in [0.15, 0.2) is 0 Å². The third-order valence-electron chi connectivity index (χ3n) is 4.58. The molecule has 0 atom stereocenters. The summed E-state index contributed by atoms with van der Waals surface area (Å²) in [6, 6.07) is 8.47. The van der Waals surface area contributed by atoms with Crippen LogP contribution in [0.4, 0.5) is 0 Å². The van der Waals surface area contributed by atoms with Crippen molar-refractivity contribution in [1.82, 2.24) is 24.3 Å². The molecule has 0 aromatic carbocycles. The van der Waals surface area contributed by atoms with Gasteiger partial charge in [0.1, 0.15) is 0 Å². The van der Waals surface area contributed by atoms with Crippen LogP contribution >= 0.6 is 0 Å². The minimum Gasteiger partial charge on any atom is -0.299 e. The molecule has 3 aromatic heterocycles. The second kappa shape index (κ2) is 5.93. The van der Waals surface area contributed by atoms with Gasteiger partial charge < -0.3 is 0 Å². The van der Waals surface area contributed by atoms with Gasteiger partial charge in [0.25, 0.3) is 0 Å². The molecule has 0 spiro atoms. The zero-order valence-electron chi connectivity index (χ0n) is 12.7. The smallest absolute Gasteiger partial charge is 0.0664 e. The SMILES string of the molecule is c1cnn(CC2CCN(Cc3ccn4nccc4c3)CC2)c1. The summed E-state index contributed by atoms with van der Waals surface area (Å²) in [4.78, 5) is 2.56. The quantitative estimate of drug-likeness (QED) is 0.742. The zero-order valence-corrected chi connectivity index (χ0v) is 12.7. The lowest BCUT2D eigenvalue weighted by molar-refractivity contribution is 0.164. The number of nitrogens with zero attached hydrogens (tertiary/aromatic N) is 5. The number of aromatic nitrogens is 4. The van der Waals surface area contributed by atoms with Crippen molar-refractivity contribution in [2.45, 2.75) is 25.9 Å². The van der Waals surface area contributed by atoms with E-state index in [0.717, 1.165) is 19.0 Å². The first-order valence-electron chi connectivity index (χ1n) is 7.99. The van der Waals surface area contributed by atoms with E-state index in [1.54, 1.807) is 0 Å². The van der Waals surface area contributed by atoms with Crippen LogP contribution in [-0.2, 0) is 13.1 Å². The Labute approximate surface area is 130 Å². The number of pyridine rings is 1. The van der Waals surface area contributed by atoms with E-state index in [1.807, 2.05) is 23.0 Å². The molecule has 1 aliphatic rings. The summed E-state index contributed by atoms with van der Waals surface area (Å²) in [5.41, 5.74) is 2.55. The van der Waals surface area contributed by atoms with Crippen molar-refractivity contribution < 1.29 is 0 Å². The molecule has 3 aromatic rings. The van der Waals surface area contributed by atoms with Gasteiger partial charge >= 0.3 is 0 Å². The summed E-state index contributed by atoms with van der Waals surface area (Å²) < 4.78 is 3.98. The minimum atomic E-state index is 0.758. The molecule has 0 radical (unpaired) electrons. The highest BCUT2D eigenvalue weighted by Crippen LogP contribution is 2.20. The van der Waals surface area contributed by atoms with E-state index in [9.17, 15) is 0 Å². The number of hydrogen-bond donors (Lipinski definition) is 0. The Kier molecular flexibility index (Phi) is 3.64. The molecule has 114 valence electrons. The first-order chi connectivity index (χ1) is 10.9. The van der Waals surface area contributed by atoms with E-state index in [-0.39, 0.29) is 0 Å². The number of fused-ring (bicyclic) bond motifs is 1. The molecule has 5 nitrogen and oxygen atoms in total. The molecule has 1 aliphatic heterocycles. The Morgan fingerprint density at radius 3 is 2.77 bits per heavy atom. The van der Waals surface area contributed by atoms with Crippen molar-refractivity contribution in [2.24, 2.45) is 5.92 Å². The molecular weight excluding hydrogens is 274 g/mol. The van der Waals surface area contributed by atoms with E-state index < -0.39 is 0 Å². The maximum atomic E-state index is 4.32. The van der Waals surface area contributed by atoms with Gasteiger partial charge in [-0.25, -0.2) is 4.52 Å². The van der Waals surface area contributed by atoms with E-state index in [1.165, 1.54) is 37.0 Å². The van der Waals surface area contributed by atoms with Crippen molar-refractivity contribution in [3.8, 4) is 0 Å². The van der Waals surface area contributed by atoms with Gasteiger partial charge in [-0.3, -0.25) is 9.58 Å². The Hall–Kier alpha value is -2.14. The van der Waals surface area contributed by atoms with Gasteiger partial charge in [-0.1, -0.05) is 0 Å². The Balaban J connectivity index is 1.33. The summed E-state index contributed by atoms with van der Waals surface area (Å²) in [6.07, 6.45) is 10.3. The maximum absolute atomic E-state index is 4.32. The van der Waals surface area contributed by atoms with Gasteiger partial charge in [0, 0.05) is 37.9 Å². The third-order valence-corrected chi connectivity index (χ3v) is 4.58. The lowest BCUT2D eigenvalue weighted by Gasteiger charge is -2.31. The van der Waals surface area contributed by atoms with E-state index in [2.05, 4.69) is 50.4 Å². The molecule has 0 aliphatic carbocycles. The Bertz CT molecular complexity index is 722. The Morgan fingerprint density at radius 1 is 1.05 bits per heavy atom. The maximum Gasteiger partial charge on any atom is 0.0664 e. The van der Waals surface area contributed by atoms with E-state index >= 15 is 0 Å². The first kappa shape index (κ1) is 13.5. The highest BCUT2D eigenvalue weighted by atomic mass is 15.3. The first-order valence-corrected chi connectivity index (χ1v) is 7.99. The molecule has 1 saturated heterocycles. The number of likely N-dealkylation sites (tertiary alicyclic amines) is 1. The highest BCUT2D eigenvalue weighted by Gasteiger charge is 2.19. The lowest BCUT2D eigenvalue weighted by atomic mass is 9.96. The fourth-order valence-corrected chi connectivity index (χ4v) is 3.32. The summed E-state index contributed by atoms with van der Waals surface area (Å²) in [5.74, 6) is 0.758. The number of hydrogen-bond acceptors (Lipinski definition) is 3. The largest absolute Gasteiger partial charge is 0.299 e. The van der Waals surface area contributed by atoms with Crippen molar-refractivity contribution in [2.75, 3.05) is 13.1 Å². The molecule has 0 bridgehead atoms. The average Bonchev–Trinajstić information content (AvgIpc) is 3.20. The zero-order chi connectivity index (χ0) is 14.8. The highest BCUT2D eigenvalue weighted by molar-refractivity contribution is 5.47. The molecule has 4 rings (SSSR count). The summed E-state index contributed by atoms with van der Waals surface area (Å²) in [6.45, 7) is 4.45. The summed E-state index contributed by atoms with van der Waals surface area (Å²) in [5, 5.41) is 8.56. The lowest BCUT2D eigenvalue weighted by Crippen LogP contribution is -2.34. The topological polar surface area (TPSA) is 38.4 Å². The number of rotatable bonds is 4.